The van der Waals surface area contributed by atoms with E-state index in [0.717, 1.165) is 16.0 Å². The summed E-state index contributed by atoms with van der Waals surface area (Å²) in [6, 6.07) is 34.1. The summed E-state index contributed by atoms with van der Waals surface area (Å²) >= 11 is 1.44. The van der Waals surface area contributed by atoms with Crippen LogP contribution in [0.1, 0.15) is 16.4 Å². The van der Waals surface area contributed by atoms with Gasteiger partial charge in [-0.2, -0.15) is 0 Å². The second-order valence-corrected chi connectivity index (χ2v) is 9.03. The summed E-state index contributed by atoms with van der Waals surface area (Å²) in [6.07, 6.45) is 3.27. The van der Waals surface area contributed by atoms with Gasteiger partial charge in [0, 0.05) is 16.7 Å². The zero-order valence-electron chi connectivity index (χ0n) is 19.8. The van der Waals surface area contributed by atoms with Crippen LogP contribution in [0.4, 0.5) is 11.4 Å². The normalized spacial score (nSPS) is 11.6. The van der Waals surface area contributed by atoms with Crippen molar-refractivity contribution in [2.24, 2.45) is 0 Å². The van der Waals surface area contributed by atoms with Crippen molar-refractivity contribution in [3.8, 4) is 5.75 Å². The molecule has 0 aromatic heterocycles. The van der Waals surface area contributed by atoms with Crippen LogP contribution in [-0.2, 0) is 9.59 Å². The minimum absolute atomic E-state index is 0.154. The second kappa shape index (κ2) is 12.4. The van der Waals surface area contributed by atoms with Gasteiger partial charge in [0.1, 0.15) is 11.0 Å². The average molecular weight is 495 g/mol. The molecule has 0 saturated heterocycles. The smallest absolute Gasteiger partial charge is 0.248 e. The van der Waals surface area contributed by atoms with Crippen molar-refractivity contribution in [3.63, 3.8) is 0 Å². The lowest BCUT2D eigenvalue weighted by Crippen LogP contribution is -2.19. The molecule has 0 radical (unpaired) electrons. The predicted octanol–water partition coefficient (Wildman–Crippen LogP) is 6.82. The van der Waals surface area contributed by atoms with Gasteiger partial charge in [0.15, 0.2) is 0 Å². The molecule has 1 atom stereocenters. The molecular formula is C30H26N2O3S. The number of hydrogen-bond donors (Lipinski definition) is 2. The molecule has 4 aromatic rings. The average Bonchev–Trinajstić information content (AvgIpc) is 2.93. The summed E-state index contributed by atoms with van der Waals surface area (Å²) in [5.41, 5.74) is 3.14. The highest BCUT2D eigenvalue weighted by Crippen LogP contribution is 2.37. The first-order chi connectivity index (χ1) is 17.6. The number of benzene rings is 4. The van der Waals surface area contributed by atoms with E-state index in [2.05, 4.69) is 10.6 Å². The first-order valence-electron chi connectivity index (χ1n) is 11.4. The number of nitrogens with one attached hydrogen (secondary N) is 2. The van der Waals surface area contributed by atoms with Gasteiger partial charge in [-0.15, -0.1) is 11.8 Å². The van der Waals surface area contributed by atoms with Crippen molar-refractivity contribution in [1.82, 2.24) is 0 Å². The number of para-hydroxylation sites is 2. The Morgan fingerprint density at radius 3 is 2.11 bits per heavy atom. The topological polar surface area (TPSA) is 67.4 Å². The Bertz CT molecular complexity index is 1320. The fourth-order valence-corrected chi connectivity index (χ4v) is 4.54. The van der Waals surface area contributed by atoms with Gasteiger partial charge in [0.25, 0.3) is 0 Å². The van der Waals surface area contributed by atoms with Crippen LogP contribution in [0, 0.1) is 0 Å². The van der Waals surface area contributed by atoms with E-state index in [1.165, 1.54) is 17.8 Å². The predicted molar refractivity (Wildman–Crippen MR) is 147 cm³/mol. The van der Waals surface area contributed by atoms with Gasteiger partial charge < -0.3 is 15.4 Å². The van der Waals surface area contributed by atoms with Gasteiger partial charge in [0.05, 0.1) is 12.8 Å². The number of anilines is 2. The van der Waals surface area contributed by atoms with Crippen molar-refractivity contribution < 1.29 is 14.3 Å². The van der Waals surface area contributed by atoms with Crippen LogP contribution in [0.15, 0.2) is 120 Å². The number of methoxy groups -OCH3 is 1. The molecule has 0 spiro atoms. The standard InChI is InChI=1S/C30H26N2O3S/c1-35-27-15-9-8-14-26(27)32-30(34)29(23-12-6-3-7-13-23)36-25-19-17-24(18-20-25)31-28(33)21-16-22-10-4-2-5-11-22/h2-21,29H,1H3,(H,31,33)(H,32,34)/b21-16+. The first kappa shape index (κ1) is 24.8. The van der Waals surface area contributed by atoms with Gasteiger partial charge in [-0.05, 0) is 53.6 Å². The Labute approximate surface area is 215 Å². The lowest BCUT2D eigenvalue weighted by molar-refractivity contribution is -0.116. The molecule has 0 saturated carbocycles. The third-order valence-corrected chi connectivity index (χ3v) is 6.57. The van der Waals surface area contributed by atoms with Crippen molar-refractivity contribution in [3.05, 3.63) is 126 Å². The molecule has 36 heavy (non-hydrogen) atoms. The van der Waals surface area contributed by atoms with Gasteiger partial charge in [-0.25, -0.2) is 0 Å². The van der Waals surface area contributed by atoms with E-state index >= 15 is 0 Å². The minimum Gasteiger partial charge on any atom is -0.495 e. The molecule has 2 amide bonds. The molecule has 0 aliphatic heterocycles. The van der Waals surface area contributed by atoms with E-state index in [1.54, 1.807) is 13.2 Å². The fourth-order valence-electron chi connectivity index (χ4n) is 3.52. The summed E-state index contributed by atoms with van der Waals surface area (Å²) in [7, 11) is 1.58. The van der Waals surface area contributed by atoms with Gasteiger partial charge in [0.2, 0.25) is 11.8 Å². The van der Waals surface area contributed by atoms with Crippen LogP contribution < -0.4 is 15.4 Å². The molecule has 4 aromatic carbocycles. The lowest BCUT2D eigenvalue weighted by Gasteiger charge is -2.18. The first-order valence-corrected chi connectivity index (χ1v) is 12.3. The van der Waals surface area contributed by atoms with Crippen LogP contribution in [-0.4, -0.2) is 18.9 Å². The molecule has 1 unspecified atom stereocenters. The van der Waals surface area contributed by atoms with Crippen LogP contribution in [0.5, 0.6) is 5.75 Å². The summed E-state index contributed by atoms with van der Waals surface area (Å²) in [5, 5.41) is 5.38. The Morgan fingerprint density at radius 2 is 1.42 bits per heavy atom. The molecule has 2 N–H and O–H groups in total. The summed E-state index contributed by atoms with van der Waals surface area (Å²) < 4.78 is 5.38. The minimum atomic E-state index is -0.481. The lowest BCUT2D eigenvalue weighted by atomic mass is 10.1. The molecule has 5 nitrogen and oxygen atoms in total. The van der Waals surface area contributed by atoms with E-state index in [-0.39, 0.29) is 11.8 Å². The Hall–Kier alpha value is -4.29. The number of thioether (sulfide) groups is 1. The summed E-state index contributed by atoms with van der Waals surface area (Å²) in [5.74, 6) is 0.237. The SMILES string of the molecule is COc1ccccc1NC(=O)C(Sc1ccc(NC(=O)/C=C/c2ccccc2)cc1)c1ccccc1. The summed E-state index contributed by atoms with van der Waals surface area (Å²) in [4.78, 5) is 26.5. The third kappa shape index (κ3) is 6.87. The molecular weight excluding hydrogens is 468 g/mol. The highest BCUT2D eigenvalue weighted by molar-refractivity contribution is 8.00. The molecule has 0 heterocycles. The van der Waals surface area contributed by atoms with Crippen molar-refractivity contribution >= 4 is 41.0 Å². The van der Waals surface area contributed by atoms with E-state index in [0.29, 0.717) is 17.1 Å². The molecule has 0 aliphatic rings. The largest absolute Gasteiger partial charge is 0.495 e. The van der Waals surface area contributed by atoms with Gasteiger partial charge in [-0.1, -0.05) is 72.8 Å². The Morgan fingerprint density at radius 1 is 0.778 bits per heavy atom. The zero-order valence-corrected chi connectivity index (χ0v) is 20.6. The Balaban J connectivity index is 1.45. The van der Waals surface area contributed by atoms with Crippen molar-refractivity contribution in [1.29, 1.82) is 0 Å². The van der Waals surface area contributed by atoms with E-state index in [4.69, 9.17) is 4.74 Å². The quantitative estimate of drug-likeness (QED) is 0.198. The van der Waals surface area contributed by atoms with Crippen molar-refractivity contribution in [2.45, 2.75) is 10.1 Å². The summed E-state index contributed by atoms with van der Waals surface area (Å²) in [6.45, 7) is 0. The van der Waals surface area contributed by atoms with E-state index < -0.39 is 5.25 Å². The zero-order chi connectivity index (χ0) is 25.2. The molecule has 6 heteroatoms. The van der Waals surface area contributed by atoms with Crippen LogP contribution in [0.25, 0.3) is 6.08 Å². The molecule has 4 rings (SSSR count). The van der Waals surface area contributed by atoms with E-state index in [9.17, 15) is 9.59 Å². The van der Waals surface area contributed by atoms with Crippen molar-refractivity contribution in [2.75, 3.05) is 17.7 Å². The molecule has 0 fully saturated rings. The number of rotatable bonds is 9. The molecule has 0 aliphatic carbocycles. The number of carbonyl (C=O) groups excluding carboxylic acids is 2. The monoisotopic (exact) mass is 494 g/mol. The molecule has 180 valence electrons. The second-order valence-electron chi connectivity index (χ2n) is 7.86. The maximum Gasteiger partial charge on any atom is 0.248 e. The third-order valence-electron chi connectivity index (χ3n) is 5.31. The Kier molecular flexibility index (Phi) is 8.57. The van der Waals surface area contributed by atoms with Crippen LogP contribution >= 0.6 is 11.8 Å². The number of hydrogen-bond acceptors (Lipinski definition) is 4. The number of ether oxygens (including phenoxy) is 1. The highest BCUT2D eigenvalue weighted by Gasteiger charge is 2.23. The molecule has 0 bridgehead atoms. The maximum atomic E-state index is 13.3. The fraction of sp³-hybridized carbons (Fsp3) is 0.0667. The van der Waals surface area contributed by atoms with Gasteiger partial charge >= 0.3 is 0 Å². The van der Waals surface area contributed by atoms with Crippen LogP contribution in [0.2, 0.25) is 0 Å². The highest BCUT2D eigenvalue weighted by atomic mass is 32.2. The van der Waals surface area contributed by atoms with Gasteiger partial charge in [-0.3, -0.25) is 9.59 Å². The van der Waals surface area contributed by atoms with Crippen LogP contribution in [0.3, 0.4) is 0 Å². The van der Waals surface area contributed by atoms with E-state index in [1.807, 2.05) is 109 Å². The number of amides is 2. The number of carbonyl (C=O) groups is 2. The maximum absolute atomic E-state index is 13.3.